The minimum absolute atomic E-state index is 0.105. The minimum atomic E-state index is -0.467. The first-order chi connectivity index (χ1) is 6.33. The Labute approximate surface area is 73.9 Å². The Bertz CT molecular complexity index is 343. The number of para-hydroxylation sites is 1. The lowest BCUT2D eigenvalue weighted by Crippen LogP contribution is -2.28. The molecule has 0 aromatic heterocycles. The Morgan fingerprint density at radius 2 is 2.38 bits per heavy atom. The van der Waals surface area contributed by atoms with Crippen LogP contribution in [-0.4, -0.2) is 13.2 Å². The van der Waals surface area contributed by atoms with Crippen LogP contribution in [0.15, 0.2) is 23.5 Å². The molecule has 2 rings (SSSR count). The summed E-state index contributed by atoms with van der Waals surface area (Å²) >= 11 is 0. The van der Waals surface area contributed by atoms with Crippen LogP contribution in [0.2, 0.25) is 0 Å². The van der Waals surface area contributed by atoms with Gasteiger partial charge in [-0.3, -0.25) is 0 Å². The number of fused-ring (bicyclic) bond motifs is 1. The van der Waals surface area contributed by atoms with Crippen molar-refractivity contribution < 1.29 is 9.13 Å². The number of hydrogen-bond donors (Lipinski definition) is 0. The van der Waals surface area contributed by atoms with Gasteiger partial charge in [-0.1, -0.05) is 6.07 Å². The molecule has 0 bridgehead atoms. The van der Waals surface area contributed by atoms with Gasteiger partial charge in [-0.15, -0.1) is 4.91 Å². The van der Waals surface area contributed by atoms with Gasteiger partial charge in [0.2, 0.25) is 0 Å². The van der Waals surface area contributed by atoms with Gasteiger partial charge in [0, 0.05) is 0 Å². The monoisotopic (exact) mass is 182 g/mol. The van der Waals surface area contributed by atoms with Crippen molar-refractivity contribution in [1.82, 2.24) is 0 Å². The molecule has 5 heteroatoms. The fourth-order valence-electron chi connectivity index (χ4n) is 1.28. The topological polar surface area (TPSA) is 41.9 Å². The Morgan fingerprint density at radius 3 is 3.15 bits per heavy atom. The molecule has 0 unspecified atom stereocenters. The Morgan fingerprint density at radius 1 is 1.54 bits per heavy atom. The number of rotatable bonds is 1. The van der Waals surface area contributed by atoms with Crippen LogP contribution in [-0.2, 0) is 0 Å². The molecule has 0 spiro atoms. The van der Waals surface area contributed by atoms with Crippen LogP contribution < -0.4 is 9.75 Å². The van der Waals surface area contributed by atoms with Crippen molar-refractivity contribution in [2.75, 3.05) is 18.2 Å². The number of anilines is 1. The molecule has 0 atom stereocenters. The molecule has 0 fully saturated rings. The van der Waals surface area contributed by atoms with Crippen LogP contribution in [0.5, 0.6) is 5.75 Å². The fourth-order valence-corrected chi connectivity index (χ4v) is 1.28. The van der Waals surface area contributed by atoms with Gasteiger partial charge in [0.15, 0.2) is 11.6 Å². The molecule has 0 amide bonds. The van der Waals surface area contributed by atoms with Gasteiger partial charge in [0.25, 0.3) is 0 Å². The quantitative estimate of drug-likeness (QED) is 0.621. The molecule has 0 N–H and O–H groups in total. The molecule has 0 radical (unpaired) electrons. The largest absolute Gasteiger partial charge is 0.486 e. The summed E-state index contributed by atoms with van der Waals surface area (Å²) in [7, 11) is 0. The van der Waals surface area contributed by atoms with Crippen molar-refractivity contribution in [3.8, 4) is 5.75 Å². The molecule has 0 saturated carbocycles. The lowest BCUT2D eigenvalue weighted by Gasteiger charge is -2.24. The van der Waals surface area contributed by atoms with E-state index < -0.39 is 5.82 Å². The molecular weight excluding hydrogens is 175 g/mol. The predicted molar refractivity (Wildman–Crippen MR) is 45.0 cm³/mol. The third-order valence-corrected chi connectivity index (χ3v) is 1.87. The van der Waals surface area contributed by atoms with Crippen LogP contribution in [0.25, 0.3) is 0 Å². The molecule has 0 aliphatic carbocycles. The van der Waals surface area contributed by atoms with Crippen molar-refractivity contribution in [3.05, 3.63) is 28.9 Å². The zero-order valence-corrected chi connectivity index (χ0v) is 6.74. The Kier molecular flexibility index (Phi) is 1.84. The zero-order valence-electron chi connectivity index (χ0n) is 6.74. The standard InChI is InChI=1S/C8H7FN2O2/c9-6-2-1-3-7-8(6)13-5-4-11(7)10-12/h1-3H,4-5H2. The maximum atomic E-state index is 13.1. The van der Waals surface area contributed by atoms with Crippen molar-refractivity contribution in [3.63, 3.8) is 0 Å². The van der Waals surface area contributed by atoms with Gasteiger partial charge >= 0.3 is 0 Å². The summed E-state index contributed by atoms with van der Waals surface area (Å²) in [5, 5.41) is 3.95. The van der Waals surface area contributed by atoms with Crippen LogP contribution in [0.3, 0.4) is 0 Å². The summed E-state index contributed by atoms with van der Waals surface area (Å²) in [4.78, 5) is 10.3. The number of nitroso groups, excluding NO2 is 1. The van der Waals surface area contributed by atoms with Crippen LogP contribution in [0, 0.1) is 10.7 Å². The molecule has 1 aliphatic heterocycles. The van der Waals surface area contributed by atoms with E-state index >= 15 is 0 Å². The van der Waals surface area contributed by atoms with Gasteiger partial charge in [-0.05, 0) is 12.1 Å². The Hall–Kier alpha value is -1.65. The third-order valence-electron chi connectivity index (χ3n) is 1.87. The maximum absolute atomic E-state index is 13.1. The lowest BCUT2D eigenvalue weighted by molar-refractivity contribution is 0.292. The number of halogens is 1. The number of nitrogens with zero attached hydrogens (tertiary/aromatic N) is 2. The van der Waals surface area contributed by atoms with E-state index in [0.717, 1.165) is 0 Å². The average molecular weight is 182 g/mol. The van der Waals surface area contributed by atoms with E-state index in [1.807, 2.05) is 0 Å². The SMILES string of the molecule is O=NN1CCOc2c(F)cccc21. The minimum Gasteiger partial charge on any atom is -0.486 e. The molecule has 68 valence electrons. The molecule has 1 heterocycles. The van der Waals surface area contributed by atoms with Crippen molar-refractivity contribution in [2.24, 2.45) is 5.29 Å². The van der Waals surface area contributed by atoms with Crippen molar-refractivity contribution in [2.45, 2.75) is 0 Å². The highest BCUT2D eigenvalue weighted by molar-refractivity contribution is 5.59. The highest BCUT2D eigenvalue weighted by Gasteiger charge is 2.21. The molecule has 1 aliphatic rings. The van der Waals surface area contributed by atoms with Gasteiger partial charge in [0.05, 0.1) is 11.8 Å². The summed E-state index contributed by atoms with van der Waals surface area (Å²) < 4.78 is 18.2. The summed E-state index contributed by atoms with van der Waals surface area (Å²) in [6, 6.07) is 4.40. The van der Waals surface area contributed by atoms with E-state index in [0.29, 0.717) is 12.2 Å². The number of ether oxygens (including phenoxy) is 1. The summed E-state index contributed by atoms with van der Waals surface area (Å²) in [5.41, 5.74) is 0.390. The molecule has 1 aromatic carbocycles. The first-order valence-electron chi connectivity index (χ1n) is 3.85. The van der Waals surface area contributed by atoms with Crippen LogP contribution >= 0.6 is 0 Å². The van der Waals surface area contributed by atoms with E-state index in [2.05, 4.69) is 5.29 Å². The van der Waals surface area contributed by atoms with Crippen molar-refractivity contribution >= 4 is 5.69 Å². The predicted octanol–water partition coefficient (Wildman–Crippen LogP) is 1.71. The van der Waals surface area contributed by atoms with E-state index in [9.17, 15) is 9.30 Å². The van der Waals surface area contributed by atoms with Gasteiger partial charge in [-0.25, -0.2) is 9.40 Å². The van der Waals surface area contributed by atoms with E-state index in [-0.39, 0.29) is 12.4 Å². The van der Waals surface area contributed by atoms with Gasteiger partial charge in [-0.2, -0.15) is 0 Å². The molecule has 0 saturated heterocycles. The second-order valence-corrected chi connectivity index (χ2v) is 2.64. The zero-order chi connectivity index (χ0) is 9.26. The van der Waals surface area contributed by atoms with Gasteiger partial charge in [0.1, 0.15) is 12.3 Å². The maximum Gasteiger partial charge on any atom is 0.180 e. The van der Waals surface area contributed by atoms with E-state index in [1.54, 1.807) is 6.07 Å². The Balaban J connectivity index is 2.51. The third kappa shape index (κ3) is 1.22. The average Bonchev–Trinajstić information content (AvgIpc) is 2.18. The van der Waals surface area contributed by atoms with Crippen molar-refractivity contribution in [1.29, 1.82) is 0 Å². The number of hydrogen-bond acceptors (Lipinski definition) is 3. The lowest BCUT2D eigenvalue weighted by atomic mass is 10.2. The van der Waals surface area contributed by atoms with Gasteiger partial charge < -0.3 is 4.74 Å². The number of benzene rings is 1. The van der Waals surface area contributed by atoms with E-state index in [4.69, 9.17) is 4.74 Å². The molecule has 1 aromatic rings. The highest BCUT2D eigenvalue weighted by Crippen LogP contribution is 2.33. The molecule has 4 nitrogen and oxygen atoms in total. The smallest absolute Gasteiger partial charge is 0.180 e. The van der Waals surface area contributed by atoms with E-state index in [1.165, 1.54) is 17.1 Å². The summed E-state index contributed by atoms with van der Waals surface area (Å²) in [5.74, 6) is -0.362. The van der Waals surface area contributed by atoms with Crippen LogP contribution in [0.4, 0.5) is 10.1 Å². The molecule has 13 heavy (non-hydrogen) atoms. The summed E-state index contributed by atoms with van der Waals surface area (Å²) in [6.45, 7) is 0.639. The first kappa shape index (κ1) is 7.97. The summed E-state index contributed by atoms with van der Waals surface area (Å²) in [6.07, 6.45) is 0. The second kappa shape index (κ2) is 3.01. The second-order valence-electron chi connectivity index (χ2n) is 2.64. The molecular formula is C8H7FN2O2. The normalized spacial score (nSPS) is 14.7. The highest BCUT2D eigenvalue weighted by atomic mass is 19.1. The van der Waals surface area contributed by atoms with Crippen LogP contribution in [0.1, 0.15) is 0 Å². The first-order valence-corrected chi connectivity index (χ1v) is 3.85. The fraction of sp³-hybridized carbons (Fsp3) is 0.250.